The molecular weight excluding hydrogens is 293 g/mol. The Labute approximate surface area is 104 Å². The molecule has 0 amide bonds. The highest BCUT2D eigenvalue weighted by Gasteiger charge is 2.17. The minimum absolute atomic E-state index is 0.152. The Balaban J connectivity index is 2.33. The molecule has 0 aliphatic rings. The molecule has 0 N–H and O–H groups in total. The van der Waals surface area contributed by atoms with Crippen LogP contribution in [0.25, 0.3) is 0 Å². The van der Waals surface area contributed by atoms with Gasteiger partial charge in [-0.3, -0.25) is 14.8 Å². The van der Waals surface area contributed by atoms with E-state index in [1.54, 1.807) is 12.4 Å². The summed E-state index contributed by atoms with van der Waals surface area (Å²) < 4.78 is 16.0. The summed E-state index contributed by atoms with van der Waals surface area (Å²) in [7, 11) is 0. The van der Waals surface area contributed by atoms with Crippen molar-refractivity contribution >= 4 is 21.6 Å². The molecule has 7 heteroatoms. The summed E-state index contributed by atoms with van der Waals surface area (Å²) in [6.45, 7) is 0.152. The molecule has 1 aromatic heterocycles. The van der Waals surface area contributed by atoms with Crippen molar-refractivity contribution in [2.75, 3.05) is 0 Å². The lowest BCUT2D eigenvalue weighted by Crippen LogP contribution is -2.04. The van der Waals surface area contributed by atoms with E-state index < -0.39 is 16.4 Å². The van der Waals surface area contributed by atoms with Gasteiger partial charge in [0.1, 0.15) is 0 Å². The zero-order valence-corrected chi connectivity index (χ0v) is 10.1. The van der Waals surface area contributed by atoms with E-state index in [0.29, 0.717) is 0 Å². The summed E-state index contributed by atoms with van der Waals surface area (Å²) in [5.41, 5.74) is -0.288. The van der Waals surface area contributed by atoms with E-state index in [9.17, 15) is 14.5 Å². The van der Waals surface area contributed by atoms with E-state index in [-0.39, 0.29) is 12.1 Å². The van der Waals surface area contributed by atoms with Crippen molar-refractivity contribution in [3.63, 3.8) is 0 Å². The van der Waals surface area contributed by atoms with Crippen LogP contribution in [0.1, 0.15) is 5.56 Å². The summed E-state index contributed by atoms with van der Waals surface area (Å²) >= 11 is 3.22. The summed E-state index contributed by atoms with van der Waals surface area (Å²) in [5, 5.41) is 14.5. The third-order valence-corrected chi connectivity index (χ3v) is 2.60. The molecule has 0 saturated heterocycles. The highest BCUT2D eigenvalue weighted by molar-refractivity contribution is 9.10. The van der Waals surface area contributed by atoms with E-state index in [1.165, 1.54) is 16.8 Å². The molecule has 0 aliphatic heterocycles. The van der Waals surface area contributed by atoms with Gasteiger partial charge in [-0.05, 0) is 15.9 Å². The monoisotopic (exact) mass is 299 g/mol. The van der Waals surface area contributed by atoms with Gasteiger partial charge >= 0.3 is 5.69 Å². The minimum Gasteiger partial charge on any atom is -0.267 e. The number of hydrogen-bond donors (Lipinski definition) is 0. The van der Waals surface area contributed by atoms with Crippen LogP contribution in [-0.4, -0.2) is 14.7 Å². The van der Waals surface area contributed by atoms with E-state index in [1.807, 2.05) is 0 Å². The third kappa shape index (κ3) is 2.50. The first-order chi connectivity index (χ1) is 8.08. The number of benzene rings is 1. The first kappa shape index (κ1) is 11.7. The molecule has 1 aromatic carbocycles. The number of hydrogen-bond acceptors (Lipinski definition) is 3. The van der Waals surface area contributed by atoms with Crippen LogP contribution in [0.15, 0.2) is 35.1 Å². The lowest BCUT2D eigenvalue weighted by Gasteiger charge is -2.03. The van der Waals surface area contributed by atoms with Gasteiger partial charge in [-0.1, -0.05) is 12.1 Å². The second-order valence-electron chi connectivity index (χ2n) is 3.36. The fourth-order valence-electron chi connectivity index (χ4n) is 1.43. The third-order valence-electron chi connectivity index (χ3n) is 2.19. The van der Waals surface area contributed by atoms with Gasteiger partial charge in [-0.25, -0.2) is 0 Å². The van der Waals surface area contributed by atoms with E-state index in [4.69, 9.17) is 0 Å². The molecule has 0 saturated carbocycles. The van der Waals surface area contributed by atoms with Gasteiger partial charge in [0.2, 0.25) is 5.82 Å². The first-order valence-corrected chi connectivity index (χ1v) is 5.47. The Kier molecular flexibility index (Phi) is 3.19. The van der Waals surface area contributed by atoms with E-state index >= 15 is 0 Å². The summed E-state index contributed by atoms with van der Waals surface area (Å²) in [5.74, 6) is -0.816. The van der Waals surface area contributed by atoms with Crippen LogP contribution >= 0.6 is 15.9 Å². The number of nitrogens with zero attached hydrogens (tertiary/aromatic N) is 3. The second kappa shape index (κ2) is 4.62. The van der Waals surface area contributed by atoms with Gasteiger partial charge < -0.3 is 0 Å². The Morgan fingerprint density at radius 2 is 2.29 bits per heavy atom. The predicted molar refractivity (Wildman–Crippen MR) is 62.1 cm³/mol. The molecule has 0 aliphatic carbocycles. The van der Waals surface area contributed by atoms with Crippen LogP contribution in [0.4, 0.5) is 10.1 Å². The van der Waals surface area contributed by atoms with Crippen LogP contribution < -0.4 is 0 Å². The summed E-state index contributed by atoms with van der Waals surface area (Å²) in [6.07, 6.45) is 3.23. The van der Waals surface area contributed by atoms with Crippen molar-refractivity contribution in [3.8, 4) is 0 Å². The molecule has 17 heavy (non-hydrogen) atoms. The van der Waals surface area contributed by atoms with E-state index in [2.05, 4.69) is 21.0 Å². The molecule has 5 nitrogen and oxygen atoms in total. The lowest BCUT2D eigenvalue weighted by atomic mass is 10.2. The average molecular weight is 300 g/mol. The van der Waals surface area contributed by atoms with Gasteiger partial charge in [0.05, 0.1) is 22.1 Å². The molecule has 0 unspecified atom stereocenters. The average Bonchev–Trinajstić information content (AvgIpc) is 2.67. The largest absolute Gasteiger partial charge is 0.305 e. The zero-order chi connectivity index (χ0) is 12.4. The molecule has 2 aromatic rings. The molecule has 0 atom stereocenters. The number of nitro groups is 1. The number of halogens is 2. The minimum atomic E-state index is -0.816. The SMILES string of the molecule is O=[N+]([O-])c1cccc(Cn2cc(Br)cn2)c1F. The topological polar surface area (TPSA) is 61.0 Å². The van der Waals surface area contributed by atoms with Crippen molar-refractivity contribution < 1.29 is 9.31 Å². The van der Waals surface area contributed by atoms with Gasteiger partial charge in [-0.15, -0.1) is 0 Å². The Morgan fingerprint density at radius 1 is 1.53 bits per heavy atom. The number of rotatable bonds is 3. The Bertz CT molecular complexity index is 570. The predicted octanol–water partition coefficient (Wildman–Crippen LogP) is 2.74. The van der Waals surface area contributed by atoms with Crippen LogP contribution in [0.5, 0.6) is 0 Å². The van der Waals surface area contributed by atoms with Crippen molar-refractivity contribution in [1.82, 2.24) is 9.78 Å². The molecule has 1 heterocycles. The van der Waals surface area contributed by atoms with Crippen LogP contribution in [-0.2, 0) is 6.54 Å². The zero-order valence-electron chi connectivity index (χ0n) is 8.51. The second-order valence-corrected chi connectivity index (χ2v) is 4.28. The van der Waals surface area contributed by atoms with Crippen molar-refractivity contribution in [2.45, 2.75) is 6.54 Å². The van der Waals surface area contributed by atoms with Crippen LogP contribution in [0.2, 0.25) is 0 Å². The number of aromatic nitrogens is 2. The highest BCUT2D eigenvalue weighted by Crippen LogP contribution is 2.21. The van der Waals surface area contributed by atoms with Gasteiger partial charge in [0.25, 0.3) is 0 Å². The summed E-state index contributed by atoms with van der Waals surface area (Å²) in [6, 6.07) is 4.09. The van der Waals surface area contributed by atoms with Crippen molar-refractivity contribution in [2.24, 2.45) is 0 Å². The molecule has 0 spiro atoms. The van der Waals surface area contributed by atoms with Crippen molar-refractivity contribution in [1.29, 1.82) is 0 Å². The fraction of sp³-hybridized carbons (Fsp3) is 0.100. The maximum Gasteiger partial charge on any atom is 0.305 e. The Hall–Kier alpha value is -1.76. The maximum absolute atomic E-state index is 13.7. The molecule has 2 rings (SSSR count). The highest BCUT2D eigenvalue weighted by atomic mass is 79.9. The van der Waals surface area contributed by atoms with Gasteiger partial charge in [-0.2, -0.15) is 9.49 Å². The van der Waals surface area contributed by atoms with Crippen molar-refractivity contribution in [3.05, 3.63) is 56.6 Å². The fourth-order valence-corrected chi connectivity index (χ4v) is 1.76. The quantitative estimate of drug-likeness (QED) is 0.647. The molecule has 0 fully saturated rings. The van der Waals surface area contributed by atoms with E-state index in [0.717, 1.165) is 10.5 Å². The lowest BCUT2D eigenvalue weighted by molar-refractivity contribution is -0.387. The maximum atomic E-state index is 13.7. The molecule has 0 bridgehead atoms. The smallest absolute Gasteiger partial charge is 0.267 e. The van der Waals surface area contributed by atoms with Crippen LogP contribution in [0, 0.1) is 15.9 Å². The standard InChI is InChI=1S/C10H7BrFN3O2/c11-8-4-13-14(6-8)5-7-2-1-3-9(10(7)12)15(16)17/h1-4,6H,5H2. The summed E-state index contributed by atoms with van der Waals surface area (Å²) in [4.78, 5) is 9.83. The van der Waals surface area contributed by atoms with Crippen LogP contribution in [0.3, 0.4) is 0 Å². The first-order valence-electron chi connectivity index (χ1n) is 4.67. The van der Waals surface area contributed by atoms with Gasteiger partial charge in [0, 0.05) is 17.8 Å². The molecule has 0 radical (unpaired) electrons. The molecule has 88 valence electrons. The van der Waals surface area contributed by atoms with Gasteiger partial charge in [0.15, 0.2) is 0 Å². The number of nitro benzene ring substituents is 1. The normalized spacial score (nSPS) is 10.5. The molecular formula is C10H7BrFN3O2. The Morgan fingerprint density at radius 3 is 2.88 bits per heavy atom.